The van der Waals surface area contributed by atoms with Crippen molar-refractivity contribution in [2.45, 2.75) is 20.4 Å². The Hall–Kier alpha value is -4.25. The van der Waals surface area contributed by atoms with Crippen molar-refractivity contribution < 1.29 is 23.8 Å². The summed E-state index contributed by atoms with van der Waals surface area (Å²) in [5.41, 5.74) is 3.40. The second-order valence-corrected chi connectivity index (χ2v) is 6.67. The third kappa shape index (κ3) is 5.92. The molecule has 11 heteroatoms. The topological polar surface area (TPSA) is 148 Å². The number of aryl methyl sites for hydroxylation is 1. The number of anilines is 1. The summed E-state index contributed by atoms with van der Waals surface area (Å²) in [6, 6.07) is 8.93. The Morgan fingerprint density at radius 1 is 1.33 bits per heavy atom. The summed E-state index contributed by atoms with van der Waals surface area (Å²) in [7, 11) is 0. The van der Waals surface area contributed by atoms with Gasteiger partial charge in [-0.25, -0.2) is 0 Å². The van der Waals surface area contributed by atoms with Gasteiger partial charge in [0.2, 0.25) is 0 Å². The quantitative estimate of drug-likeness (QED) is 0.273. The van der Waals surface area contributed by atoms with Crippen LogP contribution in [0, 0.1) is 6.92 Å². The number of amides is 1. The molecule has 4 heterocycles. The zero-order chi connectivity index (χ0) is 23.6. The van der Waals surface area contributed by atoms with Crippen molar-refractivity contribution in [3.8, 4) is 22.7 Å². The molecule has 0 aliphatic heterocycles. The lowest BCUT2D eigenvalue weighted by molar-refractivity contribution is -0.122. The second kappa shape index (κ2) is 11.4. The Balaban J connectivity index is 0.000000968. The summed E-state index contributed by atoms with van der Waals surface area (Å²) in [5.74, 6) is 0.396. The van der Waals surface area contributed by atoms with Crippen molar-refractivity contribution in [2.75, 3.05) is 18.5 Å². The molecule has 0 aliphatic rings. The molecule has 1 amide bonds. The minimum atomic E-state index is -0.371. The van der Waals surface area contributed by atoms with E-state index in [0.29, 0.717) is 42.6 Å². The first-order valence-electron chi connectivity index (χ1n) is 10.1. The van der Waals surface area contributed by atoms with Crippen LogP contribution in [0.25, 0.3) is 22.7 Å². The largest absolute Gasteiger partial charge is 0.483 e. The average molecular weight is 452 g/mol. The number of hydrogen-bond acceptors (Lipinski definition) is 7. The molecule has 0 spiro atoms. The van der Waals surface area contributed by atoms with Crippen LogP contribution in [0.2, 0.25) is 0 Å². The number of hydrogen-bond donors (Lipinski definition) is 3. The summed E-state index contributed by atoms with van der Waals surface area (Å²) in [5, 5.41) is 21.2. The summed E-state index contributed by atoms with van der Waals surface area (Å²) in [6.07, 6.45) is 5.19. The van der Waals surface area contributed by atoms with Gasteiger partial charge in [-0.2, -0.15) is 10.2 Å². The highest BCUT2D eigenvalue weighted by molar-refractivity contribution is 6.04. The van der Waals surface area contributed by atoms with E-state index in [0.717, 1.165) is 11.3 Å². The normalized spacial score (nSPS) is 10.4. The fraction of sp³-hybridized carbons (Fsp3) is 0.227. The minimum absolute atomic E-state index is 0.194. The van der Waals surface area contributed by atoms with Crippen LogP contribution in [-0.2, 0) is 16.1 Å². The molecule has 11 nitrogen and oxygen atoms in total. The van der Waals surface area contributed by atoms with Crippen LogP contribution in [0.15, 0.2) is 53.3 Å². The van der Waals surface area contributed by atoms with Gasteiger partial charge in [0.25, 0.3) is 12.4 Å². The van der Waals surface area contributed by atoms with Gasteiger partial charge in [-0.05, 0) is 38.1 Å². The molecule has 4 aromatic rings. The van der Waals surface area contributed by atoms with Crippen molar-refractivity contribution in [3.05, 3.63) is 60.4 Å². The van der Waals surface area contributed by atoms with Crippen molar-refractivity contribution in [3.63, 3.8) is 0 Å². The molecule has 0 bridgehead atoms. The summed E-state index contributed by atoms with van der Waals surface area (Å²) >= 11 is 0. The van der Waals surface area contributed by atoms with Gasteiger partial charge in [-0.15, -0.1) is 0 Å². The molecule has 4 rings (SSSR count). The minimum Gasteiger partial charge on any atom is -0.483 e. The maximum absolute atomic E-state index is 12.8. The first-order valence-corrected chi connectivity index (χ1v) is 10.1. The second-order valence-electron chi connectivity index (χ2n) is 6.67. The van der Waals surface area contributed by atoms with Crippen molar-refractivity contribution in [2.24, 2.45) is 0 Å². The molecule has 33 heavy (non-hydrogen) atoms. The maximum Gasteiger partial charge on any atom is 0.291 e. The zero-order valence-corrected chi connectivity index (χ0v) is 18.2. The summed E-state index contributed by atoms with van der Waals surface area (Å²) < 4.78 is 12.9. The molecule has 3 N–H and O–H groups in total. The zero-order valence-electron chi connectivity index (χ0n) is 18.2. The molecule has 0 saturated heterocycles. The molecule has 0 saturated carbocycles. The Bertz CT molecular complexity index is 1180. The molecular formula is C22H24N6O5. The maximum atomic E-state index is 12.8. The molecule has 172 valence electrons. The van der Waals surface area contributed by atoms with Crippen LogP contribution in [0.5, 0.6) is 0 Å². The Morgan fingerprint density at radius 3 is 2.82 bits per heavy atom. The highest BCUT2D eigenvalue weighted by atomic mass is 16.5. The van der Waals surface area contributed by atoms with E-state index in [9.17, 15) is 4.79 Å². The van der Waals surface area contributed by atoms with Gasteiger partial charge < -0.3 is 19.6 Å². The standard InChI is InChI=1S/C21H22N6O3.CH2O2/c1-3-29-11-10-27-13-17(20(26-27)16-6-4-5-9-22-16)24-21(28)19-8-7-18(30-19)15-12-23-25-14(15)2;2-1-3/h4-9,12-13H,3,10-11H2,1-2H3,(H,23,25)(H,24,28);1H,(H,2,3). The predicted octanol–water partition coefficient (Wildman–Crippen LogP) is 3.23. The lowest BCUT2D eigenvalue weighted by Gasteiger charge is -2.03. The molecule has 0 aliphatic carbocycles. The van der Waals surface area contributed by atoms with E-state index in [-0.39, 0.29) is 18.1 Å². The van der Waals surface area contributed by atoms with Crippen molar-refractivity contribution in [1.29, 1.82) is 0 Å². The lowest BCUT2D eigenvalue weighted by atomic mass is 10.2. The Labute approximate surface area is 189 Å². The van der Waals surface area contributed by atoms with Crippen LogP contribution in [0.4, 0.5) is 5.69 Å². The van der Waals surface area contributed by atoms with E-state index in [1.54, 1.807) is 35.4 Å². The smallest absolute Gasteiger partial charge is 0.291 e. The Morgan fingerprint density at radius 2 is 2.15 bits per heavy atom. The fourth-order valence-electron chi connectivity index (χ4n) is 3.02. The summed E-state index contributed by atoms with van der Waals surface area (Å²) in [6.45, 7) is 5.28. The number of carbonyl (C=O) groups is 2. The number of aromatic amines is 1. The molecule has 0 unspecified atom stereocenters. The molecule has 0 atom stereocenters. The third-order valence-electron chi connectivity index (χ3n) is 4.51. The van der Waals surface area contributed by atoms with E-state index in [1.807, 2.05) is 32.0 Å². The van der Waals surface area contributed by atoms with Crippen LogP contribution in [-0.4, -0.2) is 55.7 Å². The van der Waals surface area contributed by atoms with Gasteiger partial charge in [0.1, 0.15) is 11.5 Å². The number of furan rings is 1. The van der Waals surface area contributed by atoms with E-state index >= 15 is 0 Å². The van der Waals surface area contributed by atoms with Crippen LogP contribution < -0.4 is 5.32 Å². The van der Waals surface area contributed by atoms with Gasteiger partial charge >= 0.3 is 0 Å². The number of aromatic nitrogens is 5. The van der Waals surface area contributed by atoms with Crippen LogP contribution in [0.3, 0.4) is 0 Å². The van der Waals surface area contributed by atoms with E-state index in [1.165, 1.54) is 0 Å². The van der Waals surface area contributed by atoms with Crippen molar-refractivity contribution >= 4 is 18.1 Å². The number of nitrogens with zero attached hydrogens (tertiary/aromatic N) is 4. The molecule has 0 fully saturated rings. The first-order chi connectivity index (χ1) is 16.1. The van der Waals surface area contributed by atoms with Gasteiger partial charge in [0.15, 0.2) is 5.76 Å². The van der Waals surface area contributed by atoms with Crippen molar-refractivity contribution in [1.82, 2.24) is 25.0 Å². The number of pyridine rings is 1. The third-order valence-corrected chi connectivity index (χ3v) is 4.51. The number of carbonyl (C=O) groups excluding carboxylic acids is 1. The first kappa shape index (κ1) is 23.4. The number of ether oxygens (including phenoxy) is 1. The van der Waals surface area contributed by atoms with Gasteiger partial charge in [0.05, 0.1) is 35.8 Å². The van der Waals surface area contributed by atoms with Gasteiger partial charge in [-0.3, -0.25) is 24.4 Å². The number of rotatable bonds is 8. The van der Waals surface area contributed by atoms with E-state index < -0.39 is 0 Å². The van der Waals surface area contributed by atoms with Gasteiger partial charge in [0, 0.05) is 25.2 Å². The van der Waals surface area contributed by atoms with Gasteiger partial charge in [-0.1, -0.05) is 6.07 Å². The number of H-pyrrole nitrogens is 1. The van der Waals surface area contributed by atoms with E-state index in [2.05, 4.69) is 25.6 Å². The lowest BCUT2D eigenvalue weighted by Crippen LogP contribution is -2.11. The highest BCUT2D eigenvalue weighted by Gasteiger charge is 2.19. The van der Waals surface area contributed by atoms with E-state index in [4.69, 9.17) is 19.1 Å². The number of carboxylic acid groups (broad SMARTS) is 1. The monoisotopic (exact) mass is 452 g/mol. The number of nitrogens with one attached hydrogen (secondary N) is 2. The summed E-state index contributed by atoms with van der Waals surface area (Å²) in [4.78, 5) is 25.5. The highest BCUT2D eigenvalue weighted by Crippen LogP contribution is 2.27. The van der Waals surface area contributed by atoms with Crippen LogP contribution in [0.1, 0.15) is 23.2 Å². The van der Waals surface area contributed by atoms with Crippen LogP contribution >= 0.6 is 0 Å². The molecule has 0 radical (unpaired) electrons. The Kier molecular flexibility index (Phi) is 8.08. The predicted molar refractivity (Wildman–Crippen MR) is 120 cm³/mol. The fourth-order valence-corrected chi connectivity index (χ4v) is 3.02. The molecule has 4 aromatic heterocycles. The molecular weight excluding hydrogens is 428 g/mol. The molecule has 0 aromatic carbocycles. The SMILES string of the molecule is CCOCCn1cc(NC(=O)c2ccc(-c3c[nH]nc3C)o2)c(-c2ccccn2)n1.O=CO. The average Bonchev–Trinajstić information content (AvgIpc) is 3.55.